The highest BCUT2D eigenvalue weighted by molar-refractivity contribution is 6.39. The Labute approximate surface area is 128 Å². The normalized spacial score (nSPS) is 10.3. The predicted molar refractivity (Wildman–Crippen MR) is 85.2 cm³/mol. The highest BCUT2D eigenvalue weighted by atomic mass is 35.5. The van der Waals surface area contributed by atoms with Gasteiger partial charge in [0.15, 0.2) is 0 Å². The molecular formula is C14H16Cl2N4. The maximum absolute atomic E-state index is 6.12. The summed E-state index contributed by atoms with van der Waals surface area (Å²) in [4.78, 5) is 8.34. The smallest absolute Gasteiger partial charge is 0.135 e. The van der Waals surface area contributed by atoms with E-state index in [1.807, 2.05) is 6.07 Å². The van der Waals surface area contributed by atoms with Crippen LogP contribution >= 0.6 is 23.2 Å². The van der Waals surface area contributed by atoms with Gasteiger partial charge in [0, 0.05) is 12.6 Å². The largest absolute Gasteiger partial charge is 0.370 e. The highest BCUT2D eigenvalue weighted by Gasteiger charge is 2.06. The first-order chi connectivity index (χ1) is 9.70. The molecule has 0 radical (unpaired) electrons. The molecule has 0 aliphatic heterocycles. The molecule has 1 heterocycles. The molecule has 0 unspecified atom stereocenters. The minimum absolute atomic E-state index is 0.552. The lowest BCUT2D eigenvalue weighted by Crippen LogP contribution is -2.04. The van der Waals surface area contributed by atoms with Gasteiger partial charge >= 0.3 is 0 Å². The van der Waals surface area contributed by atoms with E-state index < -0.39 is 0 Å². The number of hydrogen-bond donors (Lipinski definition) is 2. The van der Waals surface area contributed by atoms with Crippen LogP contribution in [0.15, 0.2) is 30.6 Å². The van der Waals surface area contributed by atoms with Crippen molar-refractivity contribution < 1.29 is 0 Å². The first-order valence-corrected chi connectivity index (χ1v) is 7.23. The van der Waals surface area contributed by atoms with Crippen LogP contribution < -0.4 is 10.6 Å². The zero-order valence-corrected chi connectivity index (χ0v) is 12.7. The molecule has 0 bridgehead atoms. The van der Waals surface area contributed by atoms with Crippen molar-refractivity contribution in [3.8, 4) is 0 Å². The van der Waals surface area contributed by atoms with Crippen molar-refractivity contribution in [1.82, 2.24) is 9.97 Å². The van der Waals surface area contributed by atoms with Crippen LogP contribution in [-0.2, 0) is 0 Å². The Morgan fingerprint density at radius 3 is 2.50 bits per heavy atom. The lowest BCUT2D eigenvalue weighted by atomic mass is 10.3. The van der Waals surface area contributed by atoms with Crippen LogP contribution in [0.5, 0.6) is 0 Å². The second kappa shape index (κ2) is 7.31. The zero-order chi connectivity index (χ0) is 14.4. The Morgan fingerprint density at radius 1 is 1.10 bits per heavy atom. The van der Waals surface area contributed by atoms with Gasteiger partial charge in [0.25, 0.3) is 0 Å². The van der Waals surface area contributed by atoms with E-state index in [9.17, 15) is 0 Å². The lowest BCUT2D eigenvalue weighted by Gasteiger charge is -2.10. The molecule has 1 aromatic carbocycles. The van der Waals surface area contributed by atoms with Gasteiger partial charge in [0.1, 0.15) is 18.0 Å². The first-order valence-electron chi connectivity index (χ1n) is 6.47. The van der Waals surface area contributed by atoms with Gasteiger partial charge < -0.3 is 10.6 Å². The minimum Gasteiger partial charge on any atom is -0.370 e. The maximum Gasteiger partial charge on any atom is 0.135 e. The van der Waals surface area contributed by atoms with Gasteiger partial charge in [-0.1, -0.05) is 42.6 Å². The summed E-state index contributed by atoms with van der Waals surface area (Å²) in [6.45, 7) is 3.04. The van der Waals surface area contributed by atoms with E-state index in [0.29, 0.717) is 21.6 Å². The fourth-order valence-corrected chi connectivity index (χ4v) is 2.15. The summed E-state index contributed by atoms with van der Waals surface area (Å²) in [5, 5.41) is 7.46. The van der Waals surface area contributed by atoms with Crippen molar-refractivity contribution in [3.63, 3.8) is 0 Å². The van der Waals surface area contributed by atoms with Gasteiger partial charge in [-0.2, -0.15) is 0 Å². The lowest BCUT2D eigenvalue weighted by molar-refractivity contribution is 0.830. The molecule has 0 fully saturated rings. The average molecular weight is 311 g/mol. The number of aromatic nitrogens is 2. The van der Waals surface area contributed by atoms with Gasteiger partial charge in [0.2, 0.25) is 0 Å². The van der Waals surface area contributed by atoms with Crippen molar-refractivity contribution in [2.75, 3.05) is 17.2 Å². The number of para-hydroxylation sites is 1. The Morgan fingerprint density at radius 2 is 1.80 bits per heavy atom. The second-order valence-electron chi connectivity index (χ2n) is 4.29. The third-order valence-corrected chi connectivity index (χ3v) is 3.35. The molecule has 2 rings (SSSR count). The van der Waals surface area contributed by atoms with E-state index >= 15 is 0 Å². The summed E-state index contributed by atoms with van der Waals surface area (Å²) < 4.78 is 0. The van der Waals surface area contributed by atoms with Crippen LogP contribution in [0.2, 0.25) is 10.0 Å². The summed E-state index contributed by atoms with van der Waals surface area (Å²) in [5.41, 5.74) is 0.647. The number of halogens is 2. The number of unbranched alkanes of at least 4 members (excludes halogenated alkanes) is 1. The molecule has 0 saturated heterocycles. The average Bonchev–Trinajstić information content (AvgIpc) is 2.44. The third kappa shape index (κ3) is 3.99. The topological polar surface area (TPSA) is 49.8 Å². The molecule has 0 saturated carbocycles. The molecule has 6 heteroatoms. The van der Waals surface area contributed by atoms with Gasteiger partial charge in [-0.15, -0.1) is 0 Å². The summed E-state index contributed by atoms with van der Waals surface area (Å²) >= 11 is 12.2. The van der Waals surface area contributed by atoms with E-state index in [2.05, 4.69) is 27.5 Å². The summed E-state index contributed by atoms with van der Waals surface area (Å²) in [7, 11) is 0. The molecule has 4 nitrogen and oxygen atoms in total. The molecule has 2 aromatic rings. The van der Waals surface area contributed by atoms with E-state index in [0.717, 1.165) is 25.2 Å². The Bertz CT molecular complexity index is 555. The fourth-order valence-electron chi connectivity index (χ4n) is 1.66. The number of benzene rings is 1. The van der Waals surface area contributed by atoms with Crippen molar-refractivity contribution in [3.05, 3.63) is 40.6 Å². The van der Waals surface area contributed by atoms with Gasteiger partial charge in [-0.3, -0.25) is 0 Å². The molecule has 1 aromatic heterocycles. The van der Waals surface area contributed by atoms with E-state index in [-0.39, 0.29) is 0 Å². The Kier molecular flexibility index (Phi) is 5.44. The molecule has 0 spiro atoms. The summed E-state index contributed by atoms with van der Waals surface area (Å²) in [5.74, 6) is 1.42. The van der Waals surface area contributed by atoms with Crippen LogP contribution in [0, 0.1) is 0 Å². The molecule has 0 aliphatic rings. The van der Waals surface area contributed by atoms with E-state index in [1.165, 1.54) is 6.33 Å². The molecule has 0 amide bonds. The number of hydrogen-bond acceptors (Lipinski definition) is 4. The summed E-state index contributed by atoms with van der Waals surface area (Å²) in [6.07, 6.45) is 3.74. The minimum atomic E-state index is 0.552. The van der Waals surface area contributed by atoms with E-state index in [4.69, 9.17) is 23.2 Å². The van der Waals surface area contributed by atoms with Gasteiger partial charge in [-0.05, 0) is 18.6 Å². The van der Waals surface area contributed by atoms with E-state index in [1.54, 1.807) is 18.2 Å². The number of anilines is 3. The molecular weight excluding hydrogens is 295 g/mol. The monoisotopic (exact) mass is 310 g/mol. The van der Waals surface area contributed by atoms with Crippen molar-refractivity contribution in [2.45, 2.75) is 19.8 Å². The summed E-state index contributed by atoms with van der Waals surface area (Å²) in [6, 6.07) is 7.18. The zero-order valence-electron chi connectivity index (χ0n) is 11.2. The Hall–Kier alpha value is -1.52. The van der Waals surface area contributed by atoms with Crippen molar-refractivity contribution in [1.29, 1.82) is 0 Å². The predicted octanol–water partition coefficient (Wildman–Crippen LogP) is 4.74. The highest BCUT2D eigenvalue weighted by Crippen LogP contribution is 2.32. The standard InChI is InChI=1S/C14H16Cl2N4/c1-2-3-7-17-12-8-13(19-9-18-12)20-14-10(15)5-4-6-11(14)16/h4-6,8-9H,2-3,7H2,1H3,(H2,17,18,19,20). The molecule has 0 atom stereocenters. The van der Waals surface area contributed by atoms with Crippen molar-refractivity contribution in [2.24, 2.45) is 0 Å². The number of nitrogens with one attached hydrogen (secondary N) is 2. The van der Waals surface area contributed by atoms with Crippen LogP contribution in [0.3, 0.4) is 0 Å². The van der Waals surface area contributed by atoms with Crippen molar-refractivity contribution >= 4 is 40.5 Å². The van der Waals surface area contributed by atoms with Crippen LogP contribution in [0.4, 0.5) is 17.3 Å². The molecule has 2 N–H and O–H groups in total. The Balaban J connectivity index is 2.11. The third-order valence-electron chi connectivity index (χ3n) is 2.72. The van der Waals surface area contributed by atoms with Gasteiger partial charge in [0.05, 0.1) is 15.7 Å². The fraction of sp³-hybridized carbons (Fsp3) is 0.286. The first kappa shape index (κ1) is 14.9. The molecule has 106 valence electrons. The second-order valence-corrected chi connectivity index (χ2v) is 5.10. The SMILES string of the molecule is CCCCNc1cc(Nc2c(Cl)cccc2Cl)ncn1. The van der Waals surface area contributed by atoms with Crippen LogP contribution in [0.1, 0.15) is 19.8 Å². The maximum atomic E-state index is 6.12. The molecule has 20 heavy (non-hydrogen) atoms. The number of nitrogens with zero attached hydrogens (tertiary/aromatic N) is 2. The van der Waals surface area contributed by atoms with Crippen LogP contribution in [0.25, 0.3) is 0 Å². The van der Waals surface area contributed by atoms with Crippen LogP contribution in [-0.4, -0.2) is 16.5 Å². The molecule has 0 aliphatic carbocycles. The number of rotatable bonds is 6. The van der Waals surface area contributed by atoms with Gasteiger partial charge in [-0.25, -0.2) is 9.97 Å². The quantitative estimate of drug-likeness (QED) is 0.757.